The zero-order valence-corrected chi connectivity index (χ0v) is 43.9. The van der Waals surface area contributed by atoms with Crippen LogP contribution in [0, 0.1) is 26.0 Å². The molecule has 0 fully saturated rings. The number of benzene rings is 6. The molecule has 72 heavy (non-hydrogen) atoms. The third-order valence-electron chi connectivity index (χ3n) is 13.3. The first-order valence-corrected chi connectivity index (χ1v) is 24.1. The van der Waals surface area contributed by atoms with Crippen molar-refractivity contribution in [2.75, 3.05) is 4.90 Å². The second kappa shape index (κ2) is 19.1. The van der Waals surface area contributed by atoms with E-state index in [4.69, 9.17) is 28.8 Å². The first-order chi connectivity index (χ1) is 34.2. The van der Waals surface area contributed by atoms with Crippen molar-refractivity contribution in [1.82, 2.24) is 19.9 Å². The van der Waals surface area contributed by atoms with Gasteiger partial charge in [0.05, 0.1) is 17.1 Å². The number of hydrogen-bond donors (Lipinski definition) is 0. The van der Waals surface area contributed by atoms with Crippen molar-refractivity contribution in [2.45, 2.75) is 66.2 Å². The maximum absolute atomic E-state index is 6.79. The zero-order chi connectivity index (χ0) is 49.0. The summed E-state index contributed by atoms with van der Waals surface area (Å²) in [6.45, 7) is 17.4. The average Bonchev–Trinajstić information content (AvgIpc) is 4.03. The zero-order valence-electron chi connectivity index (χ0n) is 41.6. The van der Waals surface area contributed by atoms with Crippen LogP contribution in [0.5, 0.6) is 0 Å². The van der Waals surface area contributed by atoms with Crippen molar-refractivity contribution in [2.24, 2.45) is 0 Å². The number of pyridine rings is 2. The van der Waals surface area contributed by atoms with Crippen molar-refractivity contribution < 1.29 is 29.9 Å². The van der Waals surface area contributed by atoms with E-state index < -0.39 is 0 Å². The standard InChI is InChI=1S/C64H53N5O2.Pt/c1-40-60(41(2)68-39-67-40)69(54-33-48(42-15-11-9-12-16-42)31-50(35-54)58-61-46(27-29-65-58)37-56(70-61)44-19-23-52(24-20-44)63(3,4)5)55-34-49(43-17-13-10-14-18-43)32-51(36-55)59-62-47(28-30-66-59)38-57(71-62)45-21-25-53(26-22-45)64(6,7)8;/h9-34,37-39H,1-8H3;/q-2;+2. The summed E-state index contributed by atoms with van der Waals surface area (Å²) in [6.07, 6.45) is 5.30. The Kier molecular flexibility index (Phi) is 12.7. The number of fused-ring (bicyclic) bond motifs is 2. The molecule has 0 saturated carbocycles. The van der Waals surface area contributed by atoms with Gasteiger partial charge < -0.3 is 23.7 Å². The van der Waals surface area contributed by atoms with E-state index in [2.05, 4.69) is 192 Å². The Morgan fingerprint density at radius 3 is 1.22 bits per heavy atom. The molecule has 5 aromatic heterocycles. The van der Waals surface area contributed by atoms with E-state index >= 15 is 0 Å². The molecule has 6 aromatic carbocycles. The van der Waals surface area contributed by atoms with Gasteiger partial charge in [-0.25, -0.2) is 9.97 Å². The summed E-state index contributed by atoms with van der Waals surface area (Å²) in [5.74, 6) is 1.54. The first kappa shape index (κ1) is 47.9. The van der Waals surface area contributed by atoms with Gasteiger partial charge in [0.2, 0.25) is 0 Å². The van der Waals surface area contributed by atoms with Gasteiger partial charge in [-0.2, -0.15) is 0 Å². The van der Waals surface area contributed by atoms with E-state index in [0.717, 1.165) is 95.3 Å². The summed E-state index contributed by atoms with van der Waals surface area (Å²) in [7, 11) is 0. The van der Waals surface area contributed by atoms with Gasteiger partial charge >= 0.3 is 21.1 Å². The Morgan fingerprint density at radius 2 is 0.833 bits per heavy atom. The number of anilines is 3. The second-order valence-electron chi connectivity index (χ2n) is 20.3. The normalized spacial score (nSPS) is 11.8. The molecule has 0 radical (unpaired) electrons. The van der Waals surface area contributed by atoms with Gasteiger partial charge in [-0.1, -0.05) is 162 Å². The molecule has 0 spiro atoms. The van der Waals surface area contributed by atoms with Crippen molar-refractivity contribution in [3.8, 4) is 67.4 Å². The van der Waals surface area contributed by atoms with Crippen LogP contribution in [0.2, 0.25) is 0 Å². The van der Waals surface area contributed by atoms with Crippen LogP contribution < -0.4 is 4.90 Å². The minimum atomic E-state index is 0. The topological polar surface area (TPSA) is 81.1 Å². The van der Waals surface area contributed by atoms with E-state index in [-0.39, 0.29) is 31.9 Å². The minimum Gasteiger partial charge on any atom is -0.464 e. The summed E-state index contributed by atoms with van der Waals surface area (Å²) >= 11 is 0. The number of nitrogens with zero attached hydrogens (tertiary/aromatic N) is 5. The summed E-state index contributed by atoms with van der Waals surface area (Å²) in [4.78, 5) is 21.8. The van der Waals surface area contributed by atoms with Crippen LogP contribution >= 0.6 is 0 Å². The van der Waals surface area contributed by atoms with Crippen LogP contribution in [0.4, 0.5) is 17.1 Å². The number of aromatic nitrogens is 4. The molecule has 5 heterocycles. The van der Waals surface area contributed by atoms with Gasteiger partial charge in [-0.05, 0) is 82.6 Å². The summed E-state index contributed by atoms with van der Waals surface area (Å²) in [6, 6.07) is 62.6. The second-order valence-corrected chi connectivity index (χ2v) is 20.3. The molecule has 0 bridgehead atoms. The summed E-state index contributed by atoms with van der Waals surface area (Å²) in [5, 5.41) is 1.89. The van der Waals surface area contributed by atoms with Crippen LogP contribution in [0.3, 0.4) is 0 Å². The van der Waals surface area contributed by atoms with Crippen LogP contribution in [0.25, 0.3) is 89.4 Å². The predicted molar refractivity (Wildman–Crippen MR) is 289 cm³/mol. The molecule has 11 rings (SSSR count). The summed E-state index contributed by atoms with van der Waals surface area (Å²) in [5.41, 5.74) is 16.7. The molecule has 7 nitrogen and oxygen atoms in total. The summed E-state index contributed by atoms with van der Waals surface area (Å²) < 4.78 is 13.6. The molecule has 0 aliphatic rings. The van der Waals surface area contributed by atoms with E-state index in [1.807, 2.05) is 50.5 Å². The molecule has 0 amide bonds. The van der Waals surface area contributed by atoms with E-state index in [9.17, 15) is 0 Å². The fourth-order valence-corrected chi connectivity index (χ4v) is 9.35. The van der Waals surface area contributed by atoms with Gasteiger partial charge in [-0.3, -0.25) is 0 Å². The molecule has 0 aliphatic heterocycles. The molecule has 0 unspecified atom stereocenters. The Balaban J connectivity index is 0.00000596. The van der Waals surface area contributed by atoms with Crippen molar-refractivity contribution in [1.29, 1.82) is 0 Å². The largest absolute Gasteiger partial charge is 2.00 e. The first-order valence-electron chi connectivity index (χ1n) is 24.1. The Labute approximate surface area is 436 Å². The number of hydrogen-bond acceptors (Lipinski definition) is 7. The van der Waals surface area contributed by atoms with Crippen molar-refractivity contribution >= 4 is 39.0 Å². The molecule has 0 N–H and O–H groups in total. The third-order valence-corrected chi connectivity index (χ3v) is 13.3. The van der Waals surface area contributed by atoms with Gasteiger partial charge in [0, 0.05) is 45.7 Å². The van der Waals surface area contributed by atoms with E-state index in [0.29, 0.717) is 22.6 Å². The van der Waals surface area contributed by atoms with Crippen molar-refractivity contribution in [3.05, 3.63) is 211 Å². The monoisotopic (exact) mass is 1120 g/mol. The molecule has 8 heteroatoms. The SMILES string of the molecule is Cc1ncnc(C)c1N(c1[c-]c(-c2nccc3cc(-c4ccc(C(C)(C)C)cc4)oc23)cc(-c2ccccc2)c1)c1[c-]c(-c2nccc3cc(-c4ccc(C(C)(C)C)cc4)oc23)cc(-c2ccccc2)c1.[Pt+2]. The smallest absolute Gasteiger partial charge is 0.464 e. The molecular formula is C64H53N5O2Pt. The van der Waals surface area contributed by atoms with Crippen LogP contribution in [0.1, 0.15) is 64.1 Å². The molecule has 0 saturated heterocycles. The van der Waals surface area contributed by atoms with Gasteiger partial charge in [0.25, 0.3) is 0 Å². The minimum absolute atomic E-state index is 0. The van der Waals surface area contributed by atoms with Crippen LogP contribution in [0.15, 0.2) is 185 Å². The van der Waals surface area contributed by atoms with Crippen LogP contribution in [-0.2, 0) is 31.9 Å². The molecular weight excluding hydrogens is 1070 g/mol. The maximum Gasteiger partial charge on any atom is 2.00 e. The number of furan rings is 2. The fourth-order valence-electron chi connectivity index (χ4n) is 9.35. The van der Waals surface area contributed by atoms with Crippen molar-refractivity contribution in [3.63, 3.8) is 0 Å². The van der Waals surface area contributed by atoms with Gasteiger partial charge in [0.15, 0.2) is 0 Å². The quantitative estimate of drug-likeness (QED) is 0.133. The Hall–Kier alpha value is -7.73. The predicted octanol–water partition coefficient (Wildman–Crippen LogP) is 17.0. The number of rotatable bonds is 9. The fraction of sp³-hybridized carbons (Fsp3) is 0.156. The molecule has 0 aliphatic carbocycles. The van der Waals surface area contributed by atoms with Gasteiger partial charge in [-0.15, -0.1) is 47.5 Å². The Bertz CT molecular complexity index is 3490. The number of aryl methyl sites for hydroxylation is 2. The molecule has 11 aromatic rings. The Morgan fingerprint density at radius 1 is 0.431 bits per heavy atom. The molecule has 0 atom stereocenters. The third kappa shape index (κ3) is 9.33. The van der Waals surface area contributed by atoms with Crippen LogP contribution in [-0.4, -0.2) is 19.9 Å². The average molecular weight is 1120 g/mol. The van der Waals surface area contributed by atoms with E-state index in [1.54, 1.807) is 6.33 Å². The molecule has 356 valence electrons. The van der Waals surface area contributed by atoms with E-state index in [1.165, 1.54) is 11.1 Å². The maximum atomic E-state index is 6.79. The van der Waals surface area contributed by atoms with Gasteiger partial charge in [0.1, 0.15) is 29.0 Å².